The Hall–Kier alpha value is -1.43. The van der Waals surface area contributed by atoms with Crippen molar-refractivity contribution in [3.05, 3.63) is 0 Å². The van der Waals surface area contributed by atoms with Crippen molar-refractivity contribution in [3.63, 3.8) is 0 Å². The zero-order valence-electron chi connectivity index (χ0n) is 8.88. The molecule has 0 aromatic heterocycles. The van der Waals surface area contributed by atoms with E-state index in [0.717, 1.165) is 4.90 Å². The molecule has 0 spiro atoms. The number of carbonyl (C=O) groups excluding carboxylic acids is 2. The van der Waals surface area contributed by atoms with Crippen molar-refractivity contribution < 1.29 is 24.2 Å². The highest BCUT2D eigenvalue weighted by Gasteiger charge is 2.48. The highest BCUT2D eigenvalue weighted by atomic mass is 16.5. The maximum atomic E-state index is 11.8. The zero-order chi connectivity index (χ0) is 11.9. The average Bonchev–Trinajstić information content (AvgIpc) is 2.60. The van der Waals surface area contributed by atoms with Gasteiger partial charge in [0.05, 0.1) is 6.42 Å². The van der Waals surface area contributed by atoms with Gasteiger partial charge in [-0.2, -0.15) is 0 Å². The molecule has 2 fully saturated rings. The van der Waals surface area contributed by atoms with Gasteiger partial charge in [0.15, 0.2) is 0 Å². The van der Waals surface area contributed by atoms with Gasteiger partial charge in [-0.15, -0.1) is 0 Å². The van der Waals surface area contributed by atoms with Crippen LogP contribution in [0.1, 0.15) is 26.2 Å². The number of hydrogen-bond acceptors (Lipinski definition) is 4. The predicted molar refractivity (Wildman–Crippen MR) is 51.5 cm³/mol. The molecule has 2 saturated heterocycles. The third kappa shape index (κ3) is 1.69. The maximum Gasteiger partial charge on any atom is 0.305 e. The Bertz CT molecular complexity index is 331. The SMILES string of the molecule is CC(CC(=O)O)N1C(=O)C2CCC(O2)C1=O. The predicted octanol–water partition coefficient (Wildman–Crippen LogP) is -0.234. The van der Waals surface area contributed by atoms with Gasteiger partial charge in [0.25, 0.3) is 11.8 Å². The molecule has 0 radical (unpaired) electrons. The Kier molecular flexibility index (Phi) is 2.67. The van der Waals surface area contributed by atoms with Crippen LogP contribution in [0.25, 0.3) is 0 Å². The van der Waals surface area contributed by atoms with Crippen LogP contribution in [0.3, 0.4) is 0 Å². The molecule has 1 N–H and O–H groups in total. The monoisotopic (exact) mass is 227 g/mol. The lowest BCUT2D eigenvalue weighted by molar-refractivity contribution is -0.171. The maximum absolute atomic E-state index is 11.8. The fourth-order valence-electron chi connectivity index (χ4n) is 2.20. The molecular weight excluding hydrogens is 214 g/mol. The van der Waals surface area contributed by atoms with E-state index >= 15 is 0 Å². The van der Waals surface area contributed by atoms with Crippen LogP contribution in [-0.4, -0.2) is 46.0 Å². The zero-order valence-corrected chi connectivity index (χ0v) is 8.88. The molecule has 6 heteroatoms. The summed E-state index contributed by atoms with van der Waals surface area (Å²) in [6, 6.07) is -0.607. The molecule has 6 nitrogen and oxygen atoms in total. The van der Waals surface area contributed by atoms with Crippen molar-refractivity contribution in [2.45, 2.75) is 44.4 Å². The van der Waals surface area contributed by atoms with Gasteiger partial charge in [0, 0.05) is 6.04 Å². The van der Waals surface area contributed by atoms with Crippen LogP contribution < -0.4 is 0 Å². The first-order valence-corrected chi connectivity index (χ1v) is 5.25. The number of aliphatic carboxylic acids is 1. The second-order valence-electron chi connectivity index (χ2n) is 4.18. The van der Waals surface area contributed by atoms with Crippen molar-refractivity contribution in [1.29, 1.82) is 0 Å². The molecule has 0 aromatic rings. The number of amides is 2. The number of nitrogens with zero attached hydrogens (tertiary/aromatic N) is 1. The molecule has 0 aromatic carbocycles. The van der Waals surface area contributed by atoms with E-state index in [4.69, 9.17) is 9.84 Å². The van der Waals surface area contributed by atoms with Crippen molar-refractivity contribution in [3.8, 4) is 0 Å². The first kappa shape index (κ1) is 11.1. The molecule has 88 valence electrons. The Balaban J connectivity index is 2.16. The van der Waals surface area contributed by atoms with E-state index in [9.17, 15) is 14.4 Å². The van der Waals surface area contributed by atoms with Crippen LogP contribution in [-0.2, 0) is 19.1 Å². The number of carbonyl (C=O) groups is 3. The molecule has 16 heavy (non-hydrogen) atoms. The fraction of sp³-hybridized carbons (Fsp3) is 0.700. The summed E-state index contributed by atoms with van der Waals surface area (Å²) in [5.41, 5.74) is 0. The lowest BCUT2D eigenvalue weighted by Crippen LogP contribution is -2.55. The summed E-state index contributed by atoms with van der Waals surface area (Å²) in [5, 5.41) is 8.65. The second kappa shape index (κ2) is 3.86. The lowest BCUT2D eigenvalue weighted by Gasteiger charge is -2.33. The minimum atomic E-state index is -1.02. The second-order valence-corrected chi connectivity index (χ2v) is 4.18. The highest BCUT2D eigenvalue weighted by Crippen LogP contribution is 2.29. The minimum absolute atomic E-state index is 0.225. The number of imide groups is 1. The van der Waals surface area contributed by atoms with Crippen molar-refractivity contribution in [2.24, 2.45) is 0 Å². The Morgan fingerprint density at radius 3 is 2.38 bits per heavy atom. The number of carboxylic acids is 1. The molecule has 0 saturated carbocycles. The number of fused-ring (bicyclic) bond motifs is 2. The van der Waals surface area contributed by atoms with Gasteiger partial charge in [0.1, 0.15) is 12.2 Å². The molecule has 2 bridgehead atoms. The number of likely N-dealkylation sites (tertiary alicyclic amines) is 1. The summed E-state index contributed by atoms with van der Waals surface area (Å²) >= 11 is 0. The number of carboxylic acid groups (broad SMARTS) is 1. The van der Waals surface area contributed by atoms with Crippen LogP contribution in [0, 0.1) is 0 Å². The van der Waals surface area contributed by atoms with Gasteiger partial charge in [-0.05, 0) is 19.8 Å². The van der Waals surface area contributed by atoms with Gasteiger partial charge in [-0.3, -0.25) is 19.3 Å². The van der Waals surface area contributed by atoms with E-state index in [-0.39, 0.29) is 6.42 Å². The van der Waals surface area contributed by atoms with Crippen LogP contribution in [0.2, 0.25) is 0 Å². The van der Waals surface area contributed by atoms with Gasteiger partial charge in [-0.25, -0.2) is 0 Å². The third-order valence-electron chi connectivity index (χ3n) is 2.96. The van der Waals surface area contributed by atoms with Crippen LogP contribution in [0.4, 0.5) is 0 Å². The minimum Gasteiger partial charge on any atom is -0.481 e. The van der Waals surface area contributed by atoms with Crippen LogP contribution >= 0.6 is 0 Å². The number of rotatable bonds is 3. The lowest BCUT2D eigenvalue weighted by atomic mass is 10.1. The topological polar surface area (TPSA) is 83.9 Å². The summed E-state index contributed by atoms with van der Waals surface area (Å²) in [6.07, 6.45) is -0.244. The largest absolute Gasteiger partial charge is 0.481 e. The van der Waals surface area contributed by atoms with E-state index < -0.39 is 36.0 Å². The summed E-state index contributed by atoms with van der Waals surface area (Å²) in [4.78, 5) is 35.2. The molecular formula is C10H13NO5. The van der Waals surface area contributed by atoms with Gasteiger partial charge >= 0.3 is 5.97 Å². The summed E-state index contributed by atoms with van der Waals surface area (Å²) in [6.45, 7) is 1.56. The number of hydrogen-bond donors (Lipinski definition) is 1. The third-order valence-corrected chi connectivity index (χ3v) is 2.96. The van der Waals surface area contributed by atoms with E-state index in [1.54, 1.807) is 6.92 Å². The van der Waals surface area contributed by atoms with Crippen molar-refractivity contribution >= 4 is 17.8 Å². The van der Waals surface area contributed by atoms with Gasteiger partial charge < -0.3 is 9.84 Å². The van der Waals surface area contributed by atoms with Crippen molar-refractivity contribution in [1.82, 2.24) is 4.90 Å². The summed E-state index contributed by atoms with van der Waals surface area (Å²) < 4.78 is 5.22. The van der Waals surface area contributed by atoms with Gasteiger partial charge in [0.2, 0.25) is 0 Å². The Morgan fingerprint density at radius 1 is 1.44 bits per heavy atom. The summed E-state index contributed by atoms with van der Waals surface area (Å²) in [7, 11) is 0. The van der Waals surface area contributed by atoms with Crippen LogP contribution in [0.15, 0.2) is 0 Å². The Morgan fingerprint density at radius 2 is 1.94 bits per heavy atom. The number of ether oxygens (including phenoxy) is 1. The van der Waals surface area contributed by atoms with E-state index in [2.05, 4.69) is 0 Å². The quantitative estimate of drug-likeness (QED) is 0.673. The fourth-order valence-corrected chi connectivity index (χ4v) is 2.20. The summed E-state index contributed by atoms with van der Waals surface area (Å²) in [5.74, 6) is -1.81. The highest BCUT2D eigenvalue weighted by molar-refractivity contribution is 6.02. The molecule has 2 rings (SSSR count). The normalized spacial score (nSPS) is 30.7. The molecule has 3 unspecified atom stereocenters. The number of morpholine rings is 1. The molecule has 0 aliphatic carbocycles. The average molecular weight is 227 g/mol. The van der Waals surface area contributed by atoms with E-state index in [0.29, 0.717) is 12.8 Å². The van der Waals surface area contributed by atoms with Gasteiger partial charge in [-0.1, -0.05) is 0 Å². The van der Waals surface area contributed by atoms with E-state index in [1.165, 1.54) is 0 Å². The first-order chi connectivity index (χ1) is 7.50. The molecule has 2 aliphatic heterocycles. The van der Waals surface area contributed by atoms with Crippen molar-refractivity contribution in [2.75, 3.05) is 0 Å². The molecule has 2 amide bonds. The smallest absolute Gasteiger partial charge is 0.305 e. The van der Waals surface area contributed by atoms with E-state index in [1.807, 2.05) is 0 Å². The Labute approximate surface area is 92.2 Å². The standard InChI is InChI=1S/C10H13NO5/c1-5(4-8(12)13)11-9(14)6-2-3-7(16-6)10(11)15/h5-7H,2-4H2,1H3,(H,12,13). The first-order valence-electron chi connectivity index (χ1n) is 5.25. The molecule has 2 aliphatic rings. The molecule has 3 atom stereocenters. The molecule has 2 heterocycles. The van der Waals surface area contributed by atoms with Crippen LogP contribution in [0.5, 0.6) is 0 Å².